The molecule has 62 valence electrons. The van der Waals surface area contributed by atoms with Gasteiger partial charge in [0.1, 0.15) is 17.7 Å². The number of hydrogen-bond donors (Lipinski definition) is 1. The topological polar surface area (TPSA) is 72.5 Å². The summed E-state index contributed by atoms with van der Waals surface area (Å²) in [5, 5.41) is 19.6. The molecule has 0 spiro atoms. The molecule has 0 amide bonds. The van der Waals surface area contributed by atoms with Crippen LogP contribution in [0.25, 0.3) is 0 Å². The molecule has 1 N–H and O–H groups in total. The standard InChI is InChI=1S/C9H6N4/c10-5-8(6-11)7-13-9-1-3-12-4-2-9/h1-4,7H,(H,12,13). The molecule has 0 aromatic carbocycles. The van der Waals surface area contributed by atoms with Crippen LogP contribution in [0.15, 0.2) is 36.3 Å². The Bertz CT molecular complexity index is 364. The van der Waals surface area contributed by atoms with Crippen molar-refractivity contribution >= 4 is 5.69 Å². The lowest BCUT2D eigenvalue weighted by molar-refractivity contribution is 1.32. The van der Waals surface area contributed by atoms with Gasteiger partial charge in [0, 0.05) is 24.3 Å². The zero-order valence-corrected chi connectivity index (χ0v) is 6.73. The van der Waals surface area contributed by atoms with E-state index in [2.05, 4.69) is 10.3 Å². The highest BCUT2D eigenvalue weighted by atomic mass is 14.8. The van der Waals surface area contributed by atoms with Crippen LogP contribution in [-0.2, 0) is 0 Å². The van der Waals surface area contributed by atoms with E-state index in [4.69, 9.17) is 10.5 Å². The summed E-state index contributed by atoms with van der Waals surface area (Å²) in [4.78, 5) is 3.82. The van der Waals surface area contributed by atoms with E-state index in [0.717, 1.165) is 5.69 Å². The van der Waals surface area contributed by atoms with E-state index in [-0.39, 0.29) is 5.57 Å². The maximum atomic E-state index is 8.41. The number of nitriles is 2. The minimum absolute atomic E-state index is 0.0387. The molecule has 4 heteroatoms. The first-order valence-corrected chi connectivity index (χ1v) is 3.53. The van der Waals surface area contributed by atoms with Gasteiger partial charge >= 0.3 is 0 Å². The van der Waals surface area contributed by atoms with E-state index in [0.29, 0.717) is 0 Å². The Morgan fingerprint density at radius 3 is 2.46 bits per heavy atom. The zero-order chi connectivity index (χ0) is 9.52. The number of anilines is 1. The highest BCUT2D eigenvalue weighted by Crippen LogP contribution is 2.03. The van der Waals surface area contributed by atoms with Crippen LogP contribution in [0.1, 0.15) is 0 Å². The van der Waals surface area contributed by atoms with Crippen LogP contribution in [-0.4, -0.2) is 4.98 Å². The highest BCUT2D eigenvalue weighted by molar-refractivity contribution is 5.47. The summed E-state index contributed by atoms with van der Waals surface area (Å²) in [6.45, 7) is 0. The van der Waals surface area contributed by atoms with E-state index < -0.39 is 0 Å². The summed E-state index contributed by atoms with van der Waals surface area (Å²) >= 11 is 0. The van der Waals surface area contributed by atoms with Crippen molar-refractivity contribution in [3.63, 3.8) is 0 Å². The maximum Gasteiger partial charge on any atom is 0.145 e. The fraction of sp³-hybridized carbons (Fsp3) is 0. The maximum absolute atomic E-state index is 8.41. The molecule has 0 aliphatic carbocycles. The molecular weight excluding hydrogens is 164 g/mol. The number of allylic oxidation sites excluding steroid dienone is 1. The van der Waals surface area contributed by atoms with E-state index in [9.17, 15) is 0 Å². The van der Waals surface area contributed by atoms with Crippen LogP contribution in [0.4, 0.5) is 5.69 Å². The normalized spacial score (nSPS) is 7.85. The van der Waals surface area contributed by atoms with Crippen molar-refractivity contribution in [1.29, 1.82) is 10.5 Å². The van der Waals surface area contributed by atoms with Gasteiger partial charge in [0.2, 0.25) is 0 Å². The first-order chi connectivity index (χ1) is 6.36. The quantitative estimate of drug-likeness (QED) is 0.681. The Hall–Kier alpha value is -2.33. The number of hydrogen-bond acceptors (Lipinski definition) is 4. The Morgan fingerprint density at radius 2 is 1.92 bits per heavy atom. The summed E-state index contributed by atoms with van der Waals surface area (Å²) in [5.41, 5.74) is 0.829. The molecule has 1 rings (SSSR count). The Balaban J connectivity index is 2.69. The minimum Gasteiger partial charge on any atom is -0.360 e. The summed E-state index contributed by atoms with van der Waals surface area (Å²) in [5.74, 6) is 0. The molecule has 1 heterocycles. The molecule has 0 bridgehead atoms. The summed E-state index contributed by atoms with van der Waals surface area (Å²) in [6.07, 6.45) is 4.60. The lowest BCUT2D eigenvalue weighted by atomic mass is 10.3. The first-order valence-electron chi connectivity index (χ1n) is 3.53. The SMILES string of the molecule is N#CC(C#N)=CNc1ccncc1. The number of nitrogens with zero attached hydrogens (tertiary/aromatic N) is 3. The minimum atomic E-state index is 0.0387. The smallest absolute Gasteiger partial charge is 0.145 e. The van der Waals surface area contributed by atoms with Gasteiger partial charge in [-0.05, 0) is 12.1 Å². The van der Waals surface area contributed by atoms with Crippen LogP contribution in [0.2, 0.25) is 0 Å². The number of rotatable bonds is 2. The third kappa shape index (κ3) is 2.64. The van der Waals surface area contributed by atoms with Crippen LogP contribution in [0, 0.1) is 22.7 Å². The molecule has 0 aliphatic rings. The lowest BCUT2D eigenvalue weighted by Crippen LogP contribution is -1.89. The molecule has 0 atom stereocenters. The van der Waals surface area contributed by atoms with Crippen LogP contribution in [0.5, 0.6) is 0 Å². The van der Waals surface area contributed by atoms with Crippen LogP contribution < -0.4 is 5.32 Å². The van der Waals surface area contributed by atoms with Crippen LogP contribution in [0.3, 0.4) is 0 Å². The number of aromatic nitrogens is 1. The van der Waals surface area contributed by atoms with Gasteiger partial charge < -0.3 is 5.32 Å². The second-order valence-corrected chi connectivity index (χ2v) is 2.16. The highest BCUT2D eigenvalue weighted by Gasteiger charge is 1.90. The summed E-state index contributed by atoms with van der Waals surface area (Å²) < 4.78 is 0. The fourth-order valence-corrected chi connectivity index (χ4v) is 0.693. The van der Waals surface area contributed by atoms with Gasteiger partial charge in [-0.25, -0.2) is 0 Å². The molecule has 13 heavy (non-hydrogen) atoms. The number of nitrogens with one attached hydrogen (secondary N) is 1. The van der Waals surface area contributed by atoms with Gasteiger partial charge in [-0.3, -0.25) is 4.98 Å². The molecule has 0 radical (unpaired) electrons. The van der Waals surface area contributed by atoms with Crippen molar-refractivity contribution in [2.75, 3.05) is 5.32 Å². The van der Waals surface area contributed by atoms with Gasteiger partial charge in [0.05, 0.1) is 0 Å². The first kappa shape index (κ1) is 8.76. The predicted octanol–water partition coefficient (Wildman–Crippen LogP) is 1.42. The second-order valence-electron chi connectivity index (χ2n) is 2.16. The third-order valence-corrected chi connectivity index (χ3v) is 1.30. The van der Waals surface area contributed by atoms with Gasteiger partial charge in [-0.15, -0.1) is 0 Å². The molecule has 1 aromatic rings. The third-order valence-electron chi connectivity index (χ3n) is 1.30. The molecule has 1 aromatic heterocycles. The molecule has 4 nitrogen and oxygen atoms in total. The summed E-state index contributed by atoms with van der Waals surface area (Å²) in [7, 11) is 0. The van der Waals surface area contributed by atoms with Crippen molar-refractivity contribution in [1.82, 2.24) is 4.98 Å². The van der Waals surface area contributed by atoms with E-state index in [1.54, 1.807) is 36.7 Å². The van der Waals surface area contributed by atoms with Gasteiger partial charge in [0.15, 0.2) is 0 Å². The average molecular weight is 170 g/mol. The lowest BCUT2D eigenvalue weighted by Gasteiger charge is -1.97. The van der Waals surface area contributed by atoms with Crippen LogP contribution >= 0.6 is 0 Å². The monoisotopic (exact) mass is 170 g/mol. The van der Waals surface area contributed by atoms with Crippen molar-refractivity contribution in [2.45, 2.75) is 0 Å². The molecule has 0 saturated carbocycles. The second kappa shape index (κ2) is 4.53. The van der Waals surface area contributed by atoms with Gasteiger partial charge in [-0.1, -0.05) is 0 Å². The molecule has 0 saturated heterocycles. The summed E-state index contributed by atoms with van der Waals surface area (Å²) in [6, 6.07) is 6.97. The van der Waals surface area contributed by atoms with Crippen molar-refractivity contribution < 1.29 is 0 Å². The largest absolute Gasteiger partial charge is 0.360 e. The fourth-order valence-electron chi connectivity index (χ4n) is 0.693. The zero-order valence-electron chi connectivity index (χ0n) is 6.73. The van der Waals surface area contributed by atoms with Gasteiger partial charge in [0.25, 0.3) is 0 Å². The molecular formula is C9H6N4. The van der Waals surface area contributed by atoms with Crippen molar-refractivity contribution in [2.24, 2.45) is 0 Å². The molecule has 0 aliphatic heterocycles. The molecule has 0 fully saturated rings. The predicted molar refractivity (Wildman–Crippen MR) is 47.2 cm³/mol. The Morgan fingerprint density at radius 1 is 1.31 bits per heavy atom. The Labute approximate surface area is 75.8 Å². The van der Waals surface area contributed by atoms with E-state index in [1.165, 1.54) is 6.20 Å². The van der Waals surface area contributed by atoms with Crippen molar-refractivity contribution in [3.05, 3.63) is 36.3 Å². The Kier molecular flexibility index (Phi) is 3.05. The van der Waals surface area contributed by atoms with E-state index >= 15 is 0 Å². The van der Waals surface area contributed by atoms with E-state index in [1.807, 2.05) is 0 Å². The average Bonchev–Trinajstić information content (AvgIpc) is 2.21. The number of pyridine rings is 1. The van der Waals surface area contributed by atoms with Gasteiger partial charge in [-0.2, -0.15) is 10.5 Å². The van der Waals surface area contributed by atoms with Crippen molar-refractivity contribution in [3.8, 4) is 12.1 Å². The molecule has 0 unspecified atom stereocenters.